The van der Waals surface area contributed by atoms with Gasteiger partial charge in [0.25, 0.3) is 0 Å². The lowest BCUT2D eigenvalue weighted by atomic mass is 9.94. The van der Waals surface area contributed by atoms with Crippen molar-refractivity contribution >= 4 is 5.82 Å². The van der Waals surface area contributed by atoms with E-state index in [2.05, 4.69) is 9.88 Å². The van der Waals surface area contributed by atoms with Crippen LogP contribution in [0.3, 0.4) is 0 Å². The number of nitrogens with zero attached hydrogens (tertiary/aromatic N) is 3. The minimum atomic E-state index is -4.51. The molecule has 2 fully saturated rings. The number of hydrogen-bond donors (Lipinski definition) is 1. The summed E-state index contributed by atoms with van der Waals surface area (Å²) < 4.78 is 44.2. The van der Waals surface area contributed by atoms with Crippen LogP contribution in [-0.4, -0.2) is 29.3 Å². The Hall–Kier alpha value is -2.95. The Bertz CT molecular complexity index is 894. The molecule has 0 spiro atoms. The van der Waals surface area contributed by atoms with E-state index in [1.807, 2.05) is 12.1 Å². The Balaban J connectivity index is 1.47. The number of anilines is 1. The van der Waals surface area contributed by atoms with Gasteiger partial charge in [-0.05, 0) is 43.2 Å². The first-order valence-corrected chi connectivity index (χ1v) is 9.03. The molecule has 2 bridgehead atoms. The summed E-state index contributed by atoms with van der Waals surface area (Å²) in [4.78, 5) is 6.49. The summed E-state index contributed by atoms with van der Waals surface area (Å²) in [6, 6.07) is 8.41. The quantitative estimate of drug-likeness (QED) is 0.860. The van der Waals surface area contributed by atoms with Gasteiger partial charge in [0.2, 0.25) is 0 Å². The highest BCUT2D eigenvalue weighted by Gasteiger charge is 2.44. The van der Waals surface area contributed by atoms with Gasteiger partial charge >= 0.3 is 6.18 Å². The van der Waals surface area contributed by atoms with Crippen molar-refractivity contribution in [3.63, 3.8) is 0 Å². The molecule has 2 heterocycles. The molecule has 3 atom stereocenters. The zero-order chi connectivity index (χ0) is 19.9. The lowest BCUT2D eigenvalue weighted by Crippen LogP contribution is -2.47. The molecular formula is C20H18F3N3O2. The number of alkyl halides is 3. The monoisotopic (exact) mass is 389 g/mol. The molecule has 1 unspecified atom stereocenters. The van der Waals surface area contributed by atoms with Crippen molar-refractivity contribution in [3.8, 4) is 17.6 Å². The fourth-order valence-electron chi connectivity index (χ4n) is 4.13. The van der Waals surface area contributed by atoms with Crippen molar-refractivity contribution in [1.29, 1.82) is 5.26 Å². The van der Waals surface area contributed by atoms with Crippen LogP contribution in [0.25, 0.3) is 0 Å². The van der Waals surface area contributed by atoms with Crippen LogP contribution in [0.15, 0.2) is 36.5 Å². The van der Waals surface area contributed by atoms with E-state index in [0.29, 0.717) is 24.7 Å². The summed E-state index contributed by atoms with van der Waals surface area (Å²) in [5.74, 6) is 0.771. The van der Waals surface area contributed by atoms with E-state index in [9.17, 15) is 18.3 Å². The summed E-state index contributed by atoms with van der Waals surface area (Å²) in [5.41, 5.74) is -0.398. The van der Waals surface area contributed by atoms with E-state index < -0.39 is 17.5 Å². The van der Waals surface area contributed by atoms with E-state index >= 15 is 0 Å². The Kier molecular flexibility index (Phi) is 4.53. The van der Waals surface area contributed by atoms with E-state index in [4.69, 9.17) is 10.00 Å². The second-order valence-corrected chi connectivity index (χ2v) is 7.28. The number of nitriles is 1. The number of fused-ring (bicyclic) bond motifs is 2. The Morgan fingerprint density at radius 1 is 1.14 bits per heavy atom. The molecule has 1 saturated carbocycles. The van der Waals surface area contributed by atoms with Gasteiger partial charge < -0.3 is 14.7 Å². The maximum absolute atomic E-state index is 12.8. The summed E-state index contributed by atoms with van der Waals surface area (Å²) >= 11 is 0. The minimum absolute atomic E-state index is 0.0832. The van der Waals surface area contributed by atoms with Crippen LogP contribution in [0, 0.1) is 23.2 Å². The molecule has 1 aliphatic heterocycles. The predicted octanol–water partition coefficient (Wildman–Crippen LogP) is 3.97. The van der Waals surface area contributed by atoms with Crippen LogP contribution < -0.4 is 9.64 Å². The third-order valence-corrected chi connectivity index (χ3v) is 5.50. The van der Waals surface area contributed by atoms with Gasteiger partial charge in [-0.3, -0.25) is 0 Å². The number of halogens is 3. The number of phenols is 1. The Morgan fingerprint density at radius 3 is 2.39 bits per heavy atom. The van der Waals surface area contributed by atoms with Gasteiger partial charge in [0.1, 0.15) is 18.0 Å². The van der Waals surface area contributed by atoms with Crippen LogP contribution >= 0.6 is 0 Å². The van der Waals surface area contributed by atoms with Crippen molar-refractivity contribution in [1.82, 2.24) is 4.98 Å². The largest absolute Gasteiger partial charge is 0.504 e. The number of pyridine rings is 1. The summed E-state index contributed by atoms with van der Waals surface area (Å²) in [6.45, 7) is 1.42. The fraction of sp³-hybridized carbons (Fsp3) is 0.400. The van der Waals surface area contributed by atoms with Crippen molar-refractivity contribution < 1.29 is 23.0 Å². The number of aromatic nitrogens is 1. The second kappa shape index (κ2) is 6.89. The zero-order valence-corrected chi connectivity index (χ0v) is 14.9. The van der Waals surface area contributed by atoms with Crippen molar-refractivity contribution in [2.75, 3.05) is 18.0 Å². The third kappa shape index (κ3) is 3.44. The van der Waals surface area contributed by atoms with E-state index in [1.54, 1.807) is 12.3 Å². The van der Waals surface area contributed by atoms with Crippen LogP contribution in [-0.2, 0) is 6.18 Å². The molecule has 8 heteroatoms. The molecule has 4 rings (SSSR count). The molecule has 1 aromatic carbocycles. The van der Waals surface area contributed by atoms with Crippen molar-refractivity contribution in [2.45, 2.75) is 25.1 Å². The maximum Gasteiger partial charge on any atom is 0.416 e. The zero-order valence-electron chi connectivity index (χ0n) is 14.9. The molecule has 0 radical (unpaired) electrons. The van der Waals surface area contributed by atoms with E-state index in [0.717, 1.165) is 24.7 Å². The number of hydrogen-bond acceptors (Lipinski definition) is 5. The average molecular weight is 389 g/mol. The normalized spacial score (nSPS) is 24.1. The first-order chi connectivity index (χ1) is 13.3. The minimum Gasteiger partial charge on any atom is -0.504 e. The number of rotatable bonds is 3. The summed E-state index contributed by atoms with van der Waals surface area (Å²) in [7, 11) is 0. The number of phenolic OH excluding ortho intramolecular Hbond substituents is 1. The van der Waals surface area contributed by atoms with Crippen LogP contribution in [0.1, 0.15) is 24.0 Å². The topological polar surface area (TPSA) is 69.4 Å². The number of aromatic hydroxyl groups is 1. The molecule has 28 heavy (non-hydrogen) atoms. The highest BCUT2D eigenvalue weighted by molar-refractivity contribution is 5.45. The second-order valence-electron chi connectivity index (χ2n) is 7.28. The maximum atomic E-state index is 12.8. The first-order valence-electron chi connectivity index (χ1n) is 9.03. The lowest BCUT2D eigenvalue weighted by molar-refractivity contribution is -0.137. The predicted molar refractivity (Wildman–Crippen MR) is 94.9 cm³/mol. The van der Waals surface area contributed by atoms with Crippen LogP contribution in [0.5, 0.6) is 11.5 Å². The van der Waals surface area contributed by atoms with E-state index in [-0.39, 0.29) is 23.7 Å². The standard InChI is InChI=1S/C20H18F3N3O2/c21-20(22,23)15-4-5-17(16(27)7-15)28-19-13-2-3-14(19)11-26(10-13)18-6-1-12(8-24)9-25-18/h1,4-7,9,13-14,19,27H,2-3,10-11H2/t13-,14+,19?. The molecular weight excluding hydrogens is 371 g/mol. The Labute approximate surface area is 160 Å². The summed E-state index contributed by atoms with van der Waals surface area (Å²) in [5, 5.41) is 18.9. The van der Waals surface area contributed by atoms with Crippen molar-refractivity contribution in [2.24, 2.45) is 11.8 Å². The fourth-order valence-corrected chi connectivity index (χ4v) is 4.13. The first kappa shape index (κ1) is 18.4. The van der Waals surface area contributed by atoms with Gasteiger partial charge in [0.05, 0.1) is 11.1 Å². The molecule has 2 aromatic rings. The molecule has 5 nitrogen and oxygen atoms in total. The summed E-state index contributed by atoms with van der Waals surface area (Å²) in [6.07, 6.45) is -1.22. The number of piperidine rings is 1. The molecule has 1 aromatic heterocycles. The average Bonchev–Trinajstić information content (AvgIpc) is 2.89. The molecule has 1 saturated heterocycles. The number of ether oxygens (including phenoxy) is 1. The Morgan fingerprint density at radius 2 is 1.86 bits per heavy atom. The van der Waals surface area contributed by atoms with Gasteiger partial charge in [-0.25, -0.2) is 4.98 Å². The van der Waals surface area contributed by atoms with Gasteiger partial charge in [0, 0.05) is 31.1 Å². The SMILES string of the molecule is N#Cc1ccc(N2C[C@H]3CC[C@@H](C2)C3Oc2ccc(C(F)(F)F)cc2O)nc1. The van der Waals surface area contributed by atoms with Gasteiger partial charge in [-0.1, -0.05) is 0 Å². The van der Waals surface area contributed by atoms with Crippen LogP contribution in [0.4, 0.5) is 19.0 Å². The smallest absolute Gasteiger partial charge is 0.416 e. The van der Waals surface area contributed by atoms with Crippen LogP contribution in [0.2, 0.25) is 0 Å². The van der Waals surface area contributed by atoms with Crippen molar-refractivity contribution in [3.05, 3.63) is 47.7 Å². The number of benzene rings is 1. The van der Waals surface area contributed by atoms with Gasteiger partial charge in [-0.2, -0.15) is 18.4 Å². The van der Waals surface area contributed by atoms with Gasteiger partial charge in [-0.15, -0.1) is 0 Å². The highest BCUT2D eigenvalue weighted by Crippen LogP contribution is 2.43. The molecule has 1 aliphatic carbocycles. The third-order valence-electron chi connectivity index (χ3n) is 5.50. The highest BCUT2D eigenvalue weighted by atomic mass is 19.4. The lowest BCUT2D eigenvalue weighted by Gasteiger charge is -2.38. The van der Waals surface area contributed by atoms with Gasteiger partial charge in [0.15, 0.2) is 11.5 Å². The molecule has 0 amide bonds. The molecule has 2 aliphatic rings. The molecule has 1 N–H and O–H groups in total. The molecule has 146 valence electrons. The van der Waals surface area contributed by atoms with E-state index in [1.165, 1.54) is 6.07 Å².